The van der Waals surface area contributed by atoms with Crippen molar-refractivity contribution in [3.63, 3.8) is 0 Å². The number of anilines is 1. The van der Waals surface area contributed by atoms with Gasteiger partial charge in [0.05, 0.1) is 10.6 Å². The van der Waals surface area contributed by atoms with Gasteiger partial charge < -0.3 is 5.32 Å². The zero-order valence-corrected chi connectivity index (χ0v) is 14.9. The minimum atomic E-state index is -0.0815. The molecule has 126 valence electrons. The number of hydrogen-bond donors (Lipinski definition) is 1. The Morgan fingerprint density at radius 3 is 2.44 bits per heavy atom. The Kier molecular flexibility index (Phi) is 3.97. The number of carbonyl (C=O) groups excluding carboxylic acids is 1. The number of nitrogens with zero attached hydrogens (tertiary/aromatic N) is 3. The van der Waals surface area contributed by atoms with Crippen LogP contribution in [0.2, 0.25) is 0 Å². The van der Waals surface area contributed by atoms with Gasteiger partial charge in [0.25, 0.3) is 0 Å². The molecule has 0 bridgehead atoms. The second kappa shape index (κ2) is 6.29. The zero-order chi connectivity index (χ0) is 17.4. The molecule has 6 heteroatoms. The monoisotopic (exact) mass is 350 g/mol. The number of urea groups is 1. The molecule has 1 fully saturated rings. The van der Waals surface area contributed by atoms with Crippen molar-refractivity contribution in [2.75, 3.05) is 18.0 Å². The molecule has 0 atom stereocenters. The molecule has 2 aromatic heterocycles. The summed E-state index contributed by atoms with van der Waals surface area (Å²) in [7, 11) is 0. The molecule has 5 nitrogen and oxygen atoms in total. The Hall–Kier alpha value is -2.73. The molecule has 25 heavy (non-hydrogen) atoms. The van der Waals surface area contributed by atoms with Gasteiger partial charge in [0, 0.05) is 31.0 Å². The van der Waals surface area contributed by atoms with Crippen LogP contribution in [-0.2, 0) is 0 Å². The lowest BCUT2D eigenvalue weighted by Gasteiger charge is -2.08. The van der Waals surface area contributed by atoms with Crippen LogP contribution in [0.1, 0.15) is 11.1 Å². The van der Waals surface area contributed by atoms with E-state index in [1.54, 1.807) is 28.6 Å². The summed E-state index contributed by atoms with van der Waals surface area (Å²) in [5.74, 6) is 0. The second-order valence-corrected chi connectivity index (χ2v) is 7.15. The van der Waals surface area contributed by atoms with Gasteiger partial charge in [0.15, 0.2) is 5.13 Å². The molecule has 1 aliphatic heterocycles. The SMILES string of the molecule is Cc1cc(C)cc(-c2nc(N3CCNC3=O)sc2-c2ccncc2)c1. The first-order valence-corrected chi connectivity index (χ1v) is 8.99. The summed E-state index contributed by atoms with van der Waals surface area (Å²) in [5.41, 5.74) is 5.45. The number of aryl methyl sites for hydroxylation is 2. The van der Waals surface area contributed by atoms with Crippen LogP contribution in [0.25, 0.3) is 21.7 Å². The molecule has 1 aromatic carbocycles. The highest BCUT2D eigenvalue weighted by molar-refractivity contribution is 7.19. The molecule has 3 aromatic rings. The summed E-state index contributed by atoms with van der Waals surface area (Å²) in [6.07, 6.45) is 3.56. The molecule has 0 saturated carbocycles. The number of thiazole rings is 1. The van der Waals surface area contributed by atoms with Gasteiger partial charge in [-0.05, 0) is 43.7 Å². The number of amides is 2. The van der Waals surface area contributed by atoms with Gasteiger partial charge in [0.2, 0.25) is 0 Å². The Labute approximate surface area is 150 Å². The van der Waals surface area contributed by atoms with Gasteiger partial charge in [0.1, 0.15) is 0 Å². The average Bonchev–Trinajstić information content (AvgIpc) is 3.21. The molecular formula is C19H18N4OS. The van der Waals surface area contributed by atoms with Crippen molar-refractivity contribution in [2.45, 2.75) is 13.8 Å². The van der Waals surface area contributed by atoms with Crippen molar-refractivity contribution in [2.24, 2.45) is 0 Å². The third-order valence-electron chi connectivity index (χ3n) is 4.14. The average molecular weight is 350 g/mol. The van der Waals surface area contributed by atoms with Crippen molar-refractivity contribution in [1.82, 2.24) is 15.3 Å². The lowest BCUT2D eigenvalue weighted by atomic mass is 10.0. The number of benzene rings is 1. The smallest absolute Gasteiger partial charge is 0.323 e. The van der Waals surface area contributed by atoms with Crippen molar-refractivity contribution < 1.29 is 4.79 Å². The van der Waals surface area contributed by atoms with Crippen molar-refractivity contribution >= 4 is 22.5 Å². The zero-order valence-electron chi connectivity index (χ0n) is 14.1. The van der Waals surface area contributed by atoms with E-state index in [1.165, 1.54) is 11.1 Å². The molecule has 0 unspecified atom stereocenters. The summed E-state index contributed by atoms with van der Waals surface area (Å²) in [6.45, 7) is 5.48. The maximum absolute atomic E-state index is 12.0. The van der Waals surface area contributed by atoms with Gasteiger partial charge >= 0.3 is 6.03 Å². The fourth-order valence-electron chi connectivity index (χ4n) is 3.08. The van der Waals surface area contributed by atoms with E-state index in [0.29, 0.717) is 13.1 Å². The molecular weight excluding hydrogens is 332 g/mol. The predicted molar refractivity (Wildman–Crippen MR) is 101 cm³/mol. The summed E-state index contributed by atoms with van der Waals surface area (Å²) >= 11 is 1.55. The van der Waals surface area contributed by atoms with E-state index in [9.17, 15) is 4.79 Å². The third kappa shape index (κ3) is 3.00. The molecule has 2 amide bonds. The number of hydrogen-bond acceptors (Lipinski definition) is 4. The number of rotatable bonds is 3. The maximum atomic E-state index is 12.0. The second-order valence-electron chi connectivity index (χ2n) is 6.17. The molecule has 1 saturated heterocycles. The van der Waals surface area contributed by atoms with Gasteiger partial charge in [-0.15, -0.1) is 0 Å². The molecule has 0 spiro atoms. The molecule has 3 heterocycles. The highest BCUT2D eigenvalue weighted by Gasteiger charge is 2.26. The molecule has 0 radical (unpaired) electrons. The van der Waals surface area contributed by atoms with E-state index in [0.717, 1.165) is 26.8 Å². The first-order valence-electron chi connectivity index (χ1n) is 8.17. The van der Waals surface area contributed by atoms with Crippen LogP contribution in [0.4, 0.5) is 9.93 Å². The van der Waals surface area contributed by atoms with Crippen LogP contribution < -0.4 is 10.2 Å². The molecule has 0 aliphatic carbocycles. The van der Waals surface area contributed by atoms with Crippen LogP contribution in [-0.4, -0.2) is 29.1 Å². The van der Waals surface area contributed by atoms with E-state index in [1.807, 2.05) is 12.1 Å². The Morgan fingerprint density at radius 1 is 1.08 bits per heavy atom. The topological polar surface area (TPSA) is 58.1 Å². The third-order valence-corrected chi connectivity index (χ3v) is 5.27. The normalized spacial score (nSPS) is 14.0. The van der Waals surface area contributed by atoms with Gasteiger partial charge in [-0.2, -0.15) is 0 Å². The van der Waals surface area contributed by atoms with Gasteiger partial charge in [-0.1, -0.05) is 28.5 Å². The lowest BCUT2D eigenvalue weighted by molar-refractivity contribution is 0.252. The fourth-order valence-corrected chi connectivity index (χ4v) is 4.20. The van der Waals surface area contributed by atoms with Crippen molar-refractivity contribution in [3.05, 3.63) is 53.9 Å². The Morgan fingerprint density at radius 2 is 1.80 bits per heavy atom. The fraction of sp³-hybridized carbons (Fsp3) is 0.211. The van der Waals surface area contributed by atoms with Crippen LogP contribution in [0.5, 0.6) is 0 Å². The first kappa shape index (κ1) is 15.8. The number of nitrogens with one attached hydrogen (secondary N) is 1. The molecule has 4 rings (SSSR count). The van der Waals surface area contributed by atoms with E-state index < -0.39 is 0 Å². The highest BCUT2D eigenvalue weighted by atomic mass is 32.1. The molecule has 1 N–H and O–H groups in total. The van der Waals surface area contributed by atoms with E-state index in [4.69, 9.17) is 4.98 Å². The molecule has 1 aliphatic rings. The summed E-state index contributed by atoms with van der Waals surface area (Å²) < 4.78 is 0. The van der Waals surface area contributed by atoms with Crippen LogP contribution in [0.15, 0.2) is 42.7 Å². The minimum absolute atomic E-state index is 0.0815. The number of aromatic nitrogens is 2. The summed E-state index contributed by atoms with van der Waals surface area (Å²) in [4.78, 5) is 23.8. The Balaban J connectivity index is 1.89. The first-order chi connectivity index (χ1) is 12.1. The summed E-state index contributed by atoms with van der Waals surface area (Å²) in [5, 5.41) is 3.57. The Bertz CT molecular complexity index is 916. The minimum Gasteiger partial charge on any atom is -0.336 e. The van der Waals surface area contributed by atoms with Crippen molar-refractivity contribution in [3.8, 4) is 21.7 Å². The number of pyridine rings is 1. The van der Waals surface area contributed by atoms with Gasteiger partial charge in [-0.25, -0.2) is 9.78 Å². The van der Waals surface area contributed by atoms with E-state index in [2.05, 4.69) is 42.3 Å². The predicted octanol–water partition coefficient (Wildman–Crippen LogP) is 4.02. The van der Waals surface area contributed by atoms with E-state index >= 15 is 0 Å². The largest absolute Gasteiger partial charge is 0.336 e. The quantitative estimate of drug-likeness (QED) is 0.776. The number of carbonyl (C=O) groups is 1. The van der Waals surface area contributed by atoms with E-state index in [-0.39, 0.29) is 6.03 Å². The lowest BCUT2D eigenvalue weighted by Crippen LogP contribution is -2.27. The van der Waals surface area contributed by atoms with Crippen LogP contribution in [0.3, 0.4) is 0 Å². The standard InChI is InChI=1S/C19H18N4OS/c1-12-9-13(2)11-15(10-12)16-17(14-3-5-20-6-4-14)25-19(22-16)23-8-7-21-18(23)24/h3-6,9-11H,7-8H2,1-2H3,(H,21,24). The van der Waals surface area contributed by atoms with Crippen molar-refractivity contribution in [1.29, 1.82) is 0 Å². The van der Waals surface area contributed by atoms with Crippen LogP contribution in [0, 0.1) is 13.8 Å². The maximum Gasteiger partial charge on any atom is 0.323 e. The summed E-state index contributed by atoms with van der Waals surface area (Å²) in [6, 6.07) is 10.3. The van der Waals surface area contributed by atoms with Gasteiger partial charge in [-0.3, -0.25) is 9.88 Å². The highest BCUT2D eigenvalue weighted by Crippen LogP contribution is 2.40. The van der Waals surface area contributed by atoms with Crippen LogP contribution >= 0.6 is 11.3 Å².